The van der Waals surface area contributed by atoms with Crippen LogP contribution in [-0.4, -0.2) is 23.0 Å². The van der Waals surface area contributed by atoms with Crippen LogP contribution in [-0.2, 0) is 11.3 Å². The van der Waals surface area contributed by atoms with Crippen LogP contribution in [0.2, 0.25) is 0 Å². The summed E-state index contributed by atoms with van der Waals surface area (Å²) < 4.78 is 32.2. The van der Waals surface area contributed by atoms with Crippen LogP contribution in [0.3, 0.4) is 0 Å². The van der Waals surface area contributed by atoms with E-state index in [1.807, 2.05) is 18.2 Å². The van der Waals surface area contributed by atoms with E-state index in [1.54, 1.807) is 25.3 Å². The molecule has 4 nitrogen and oxygen atoms in total. The van der Waals surface area contributed by atoms with Crippen LogP contribution in [0.5, 0.6) is 5.75 Å². The van der Waals surface area contributed by atoms with Gasteiger partial charge in [0.05, 0.1) is 13.2 Å². The first-order valence-corrected chi connectivity index (χ1v) is 9.36. The molecule has 4 rings (SSSR count). The molecule has 1 amide bonds. The van der Waals surface area contributed by atoms with Crippen LogP contribution in [0.15, 0.2) is 78.6 Å². The maximum Gasteiger partial charge on any atom is 0.290 e. The van der Waals surface area contributed by atoms with Crippen molar-refractivity contribution < 1.29 is 23.4 Å². The molecule has 152 valence electrons. The average Bonchev–Trinajstić information content (AvgIpc) is 3.00. The molecule has 0 radical (unpaired) electrons. The van der Waals surface area contributed by atoms with Crippen LogP contribution in [0.1, 0.15) is 22.7 Å². The predicted molar refractivity (Wildman–Crippen MR) is 109 cm³/mol. The van der Waals surface area contributed by atoms with Gasteiger partial charge < -0.3 is 14.7 Å². The molecule has 1 heterocycles. The van der Waals surface area contributed by atoms with Gasteiger partial charge in [-0.15, -0.1) is 0 Å². The molecule has 3 aromatic rings. The summed E-state index contributed by atoms with van der Waals surface area (Å²) in [6.07, 6.45) is 0. The normalized spacial score (nSPS) is 16.3. The number of benzene rings is 3. The van der Waals surface area contributed by atoms with E-state index in [1.165, 1.54) is 41.3 Å². The monoisotopic (exact) mass is 407 g/mol. The third-order valence-electron chi connectivity index (χ3n) is 5.13. The molecule has 1 aliphatic rings. The Bertz CT molecular complexity index is 1110. The fourth-order valence-corrected chi connectivity index (χ4v) is 3.70. The number of nitrogens with zero attached hydrogens (tertiary/aromatic N) is 1. The lowest BCUT2D eigenvalue weighted by Gasteiger charge is -2.27. The van der Waals surface area contributed by atoms with Crippen LogP contribution in [0, 0.1) is 11.6 Å². The highest BCUT2D eigenvalue weighted by molar-refractivity contribution is 6.05. The Morgan fingerprint density at radius 1 is 0.967 bits per heavy atom. The lowest BCUT2D eigenvalue weighted by Crippen LogP contribution is -2.29. The van der Waals surface area contributed by atoms with E-state index in [2.05, 4.69) is 0 Å². The van der Waals surface area contributed by atoms with Crippen molar-refractivity contribution in [3.8, 4) is 5.75 Å². The van der Waals surface area contributed by atoms with Gasteiger partial charge in [0, 0.05) is 12.1 Å². The Morgan fingerprint density at radius 2 is 1.60 bits per heavy atom. The number of rotatable bonds is 5. The molecule has 1 N–H and O–H groups in total. The van der Waals surface area contributed by atoms with Crippen molar-refractivity contribution in [2.75, 3.05) is 7.11 Å². The van der Waals surface area contributed by atoms with Crippen LogP contribution in [0.25, 0.3) is 5.57 Å². The topological polar surface area (TPSA) is 49.8 Å². The Labute approximate surface area is 172 Å². The highest BCUT2D eigenvalue weighted by atomic mass is 19.1. The predicted octanol–water partition coefficient (Wildman–Crippen LogP) is 5.03. The van der Waals surface area contributed by atoms with Crippen LogP contribution >= 0.6 is 0 Å². The number of ether oxygens (including phenoxy) is 1. The quantitative estimate of drug-likeness (QED) is 0.646. The molecule has 30 heavy (non-hydrogen) atoms. The SMILES string of the molecule is COc1cccc(CN2C(=O)C(O)=C(c3ccc(F)cc3)[C@@H]2c2ccc(F)cc2)c1. The Kier molecular flexibility index (Phi) is 5.23. The zero-order valence-electron chi connectivity index (χ0n) is 16.2. The third-order valence-corrected chi connectivity index (χ3v) is 5.13. The first-order valence-electron chi connectivity index (χ1n) is 9.36. The Balaban J connectivity index is 1.79. The number of halogens is 2. The minimum absolute atomic E-state index is 0.201. The standard InChI is InChI=1S/C24H19F2NO3/c1-30-20-4-2-3-15(13-20)14-27-22(17-7-11-19(26)12-8-17)21(23(28)24(27)29)16-5-9-18(25)10-6-16/h2-13,22,28H,14H2,1H3/t22-/m0/s1. The van der Waals surface area contributed by atoms with Crippen LogP contribution in [0.4, 0.5) is 8.78 Å². The Morgan fingerprint density at radius 3 is 2.23 bits per heavy atom. The number of hydrogen-bond donors (Lipinski definition) is 1. The van der Waals surface area contributed by atoms with Crippen molar-refractivity contribution in [2.24, 2.45) is 0 Å². The molecule has 0 aromatic heterocycles. The lowest BCUT2D eigenvalue weighted by atomic mass is 9.93. The molecule has 3 aromatic carbocycles. The number of carbonyl (C=O) groups excluding carboxylic acids is 1. The maximum atomic E-state index is 13.5. The van der Waals surface area contributed by atoms with Gasteiger partial charge in [-0.25, -0.2) is 8.78 Å². The molecule has 0 fully saturated rings. The van der Waals surface area contributed by atoms with E-state index in [4.69, 9.17) is 4.74 Å². The summed E-state index contributed by atoms with van der Waals surface area (Å²) in [5.74, 6) is -1.13. The summed E-state index contributed by atoms with van der Waals surface area (Å²) in [6.45, 7) is 0.201. The summed E-state index contributed by atoms with van der Waals surface area (Å²) in [7, 11) is 1.56. The van der Waals surface area contributed by atoms with E-state index in [0.29, 0.717) is 22.4 Å². The number of aliphatic hydroxyl groups excluding tert-OH is 1. The van der Waals surface area contributed by atoms with Gasteiger partial charge in [-0.2, -0.15) is 0 Å². The number of amides is 1. The second kappa shape index (κ2) is 7.99. The molecule has 0 aliphatic carbocycles. The van der Waals surface area contributed by atoms with Crippen molar-refractivity contribution in [2.45, 2.75) is 12.6 Å². The second-order valence-corrected chi connectivity index (χ2v) is 7.01. The minimum Gasteiger partial charge on any atom is -0.503 e. The van der Waals surface area contributed by atoms with Crippen molar-refractivity contribution >= 4 is 11.5 Å². The van der Waals surface area contributed by atoms with Gasteiger partial charge in [-0.3, -0.25) is 4.79 Å². The molecule has 0 unspecified atom stereocenters. The average molecular weight is 407 g/mol. The van der Waals surface area contributed by atoms with E-state index in [9.17, 15) is 18.7 Å². The third kappa shape index (κ3) is 3.64. The molecule has 6 heteroatoms. The van der Waals surface area contributed by atoms with Crippen molar-refractivity contribution in [3.63, 3.8) is 0 Å². The van der Waals surface area contributed by atoms with Crippen LogP contribution < -0.4 is 4.74 Å². The van der Waals surface area contributed by atoms with Gasteiger partial charge in [-0.05, 0) is 53.1 Å². The summed E-state index contributed by atoms with van der Waals surface area (Å²) in [5.41, 5.74) is 2.32. The van der Waals surface area contributed by atoms with Crippen molar-refractivity contribution in [1.29, 1.82) is 0 Å². The summed E-state index contributed by atoms with van der Waals surface area (Å²) in [5, 5.41) is 10.7. The van der Waals surface area contributed by atoms with Gasteiger partial charge >= 0.3 is 0 Å². The number of aliphatic hydroxyl groups is 1. The molecule has 0 spiro atoms. The van der Waals surface area contributed by atoms with Gasteiger partial charge in [0.25, 0.3) is 5.91 Å². The first kappa shape index (κ1) is 19.6. The smallest absolute Gasteiger partial charge is 0.290 e. The highest BCUT2D eigenvalue weighted by Crippen LogP contribution is 2.43. The zero-order chi connectivity index (χ0) is 21.3. The lowest BCUT2D eigenvalue weighted by molar-refractivity contribution is -0.130. The fraction of sp³-hybridized carbons (Fsp3) is 0.125. The van der Waals surface area contributed by atoms with E-state index in [0.717, 1.165) is 5.56 Å². The van der Waals surface area contributed by atoms with Gasteiger partial charge in [0.15, 0.2) is 5.76 Å². The van der Waals surface area contributed by atoms with Crippen molar-refractivity contribution in [1.82, 2.24) is 4.90 Å². The number of hydrogen-bond acceptors (Lipinski definition) is 3. The summed E-state index contributed by atoms with van der Waals surface area (Å²) in [6, 6.07) is 18.0. The first-order chi connectivity index (χ1) is 14.5. The molecule has 1 atom stereocenters. The van der Waals surface area contributed by atoms with E-state index < -0.39 is 29.3 Å². The molecule has 0 bridgehead atoms. The minimum atomic E-state index is -0.658. The van der Waals surface area contributed by atoms with Gasteiger partial charge in [0.1, 0.15) is 17.4 Å². The number of methoxy groups -OCH3 is 1. The van der Waals surface area contributed by atoms with E-state index >= 15 is 0 Å². The zero-order valence-corrected chi connectivity index (χ0v) is 16.2. The maximum absolute atomic E-state index is 13.5. The fourth-order valence-electron chi connectivity index (χ4n) is 3.70. The van der Waals surface area contributed by atoms with Gasteiger partial charge in [-0.1, -0.05) is 36.4 Å². The molecule has 0 saturated heterocycles. The van der Waals surface area contributed by atoms with Gasteiger partial charge in [0.2, 0.25) is 0 Å². The second-order valence-electron chi connectivity index (χ2n) is 7.01. The molecular formula is C24H19F2NO3. The summed E-state index contributed by atoms with van der Waals surface area (Å²) >= 11 is 0. The largest absolute Gasteiger partial charge is 0.503 e. The summed E-state index contributed by atoms with van der Waals surface area (Å²) in [4.78, 5) is 14.5. The van der Waals surface area contributed by atoms with Crippen molar-refractivity contribution in [3.05, 3.63) is 107 Å². The molecular weight excluding hydrogens is 388 g/mol. The molecule has 0 saturated carbocycles. The highest BCUT2D eigenvalue weighted by Gasteiger charge is 2.41. The number of carbonyl (C=O) groups is 1. The van der Waals surface area contributed by atoms with E-state index in [-0.39, 0.29) is 6.54 Å². The Hall–Kier alpha value is -3.67. The molecule has 1 aliphatic heterocycles.